The van der Waals surface area contributed by atoms with Gasteiger partial charge in [0.15, 0.2) is 17.1 Å². The average Bonchev–Trinajstić information content (AvgIpc) is 3.16. The Labute approximate surface area is 153 Å². The van der Waals surface area contributed by atoms with Gasteiger partial charge in [-0.15, -0.1) is 5.12 Å². The number of methoxy groups -OCH3 is 3. The maximum absolute atomic E-state index is 14.5. The van der Waals surface area contributed by atoms with Gasteiger partial charge < -0.3 is 18.6 Å². The molecule has 7 nitrogen and oxygen atoms in total. The number of hydrogen-bond donors (Lipinski definition) is 0. The van der Waals surface area contributed by atoms with E-state index in [2.05, 4.69) is 0 Å². The zero-order valence-electron chi connectivity index (χ0n) is 14.8. The highest BCUT2D eigenvalue weighted by Crippen LogP contribution is 2.40. The van der Waals surface area contributed by atoms with Crippen molar-refractivity contribution in [2.75, 3.05) is 26.5 Å². The number of para-hydroxylation sites is 1. The van der Waals surface area contributed by atoms with Gasteiger partial charge in [-0.2, -0.15) is 0 Å². The van der Waals surface area contributed by atoms with E-state index in [1.54, 1.807) is 18.2 Å². The number of hydrogen-bond acceptors (Lipinski definition) is 6. The Hall–Kier alpha value is -3.55. The summed E-state index contributed by atoms with van der Waals surface area (Å²) in [6.45, 7) is 0. The van der Waals surface area contributed by atoms with Gasteiger partial charge in [-0.3, -0.25) is 4.79 Å². The smallest absolute Gasteiger partial charge is 0.338 e. The SMILES string of the molecule is COC(=O)c1cc(OC)c(OC)c2oc(C(=O)N(F)c3ccccc3)cc12. The summed E-state index contributed by atoms with van der Waals surface area (Å²) in [7, 11) is 3.98. The Morgan fingerprint density at radius 1 is 1.04 bits per heavy atom. The van der Waals surface area contributed by atoms with Gasteiger partial charge >= 0.3 is 11.9 Å². The second kappa shape index (κ2) is 7.36. The van der Waals surface area contributed by atoms with Crippen molar-refractivity contribution < 1.29 is 32.7 Å². The molecule has 0 aliphatic heterocycles. The topological polar surface area (TPSA) is 78.2 Å². The molecule has 1 aromatic heterocycles. The molecule has 0 atom stereocenters. The highest BCUT2D eigenvalue weighted by atomic mass is 19.2. The summed E-state index contributed by atoms with van der Waals surface area (Å²) in [5.74, 6) is -1.63. The van der Waals surface area contributed by atoms with E-state index in [9.17, 15) is 14.1 Å². The third-order valence-corrected chi connectivity index (χ3v) is 3.93. The number of esters is 1. The molecule has 3 aromatic rings. The van der Waals surface area contributed by atoms with Crippen molar-refractivity contribution in [3.63, 3.8) is 0 Å². The van der Waals surface area contributed by atoms with Crippen molar-refractivity contribution in [3.05, 3.63) is 53.8 Å². The number of carbonyl (C=O) groups is 2. The first-order valence-electron chi connectivity index (χ1n) is 7.84. The van der Waals surface area contributed by atoms with Crippen LogP contribution in [-0.4, -0.2) is 33.2 Å². The minimum absolute atomic E-state index is 0.0423. The molecule has 0 fully saturated rings. The molecule has 0 aliphatic rings. The highest BCUT2D eigenvalue weighted by Gasteiger charge is 2.27. The van der Waals surface area contributed by atoms with E-state index in [0.717, 1.165) is 0 Å². The van der Waals surface area contributed by atoms with Crippen LogP contribution in [0.4, 0.5) is 10.2 Å². The van der Waals surface area contributed by atoms with Crippen molar-refractivity contribution in [2.45, 2.75) is 0 Å². The molecule has 8 heteroatoms. The van der Waals surface area contributed by atoms with Gasteiger partial charge in [-0.25, -0.2) is 4.79 Å². The normalized spacial score (nSPS) is 10.5. The number of ether oxygens (including phenoxy) is 3. The monoisotopic (exact) mass is 373 g/mol. The minimum atomic E-state index is -1.03. The number of nitrogens with zero attached hydrogens (tertiary/aromatic N) is 1. The van der Waals surface area contributed by atoms with Crippen LogP contribution >= 0.6 is 0 Å². The van der Waals surface area contributed by atoms with Gasteiger partial charge in [-0.05, 0) is 24.3 Å². The van der Waals surface area contributed by atoms with Crippen LogP contribution in [0.15, 0.2) is 46.9 Å². The average molecular weight is 373 g/mol. The van der Waals surface area contributed by atoms with Crippen LogP contribution < -0.4 is 14.6 Å². The van der Waals surface area contributed by atoms with Crippen molar-refractivity contribution in [2.24, 2.45) is 0 Å². The van der Waals surface area contributed by atoms with Crippen LogP contribution in [0, 0.1) is 0 Å². The minimum Gasteiger partial charge on any atom is -0.493 e. The number of furan rings is 1. The number of amides is 1. The summed E-state index contributed by atoms with van der Waals surface area (Å²) in [6.07, 6.45) is 0. The molecule has 0 N–H and O–H groups in total. The number of halogens is 1. The lowest BCUT2D eigenvalue weighted by Crippen LogP contribution is -2.21. The molecule has 0 aliphatic carbocycles. The quantitative estimate of drug-likeness (QED) is 0.500. The third-order valence-electron chi connectivity index (χ3n) is 3.93. The molecule has 0 radical (unpaired) electrons. The summed E-state index contributed by atoms with van der Waals surface area (Å²) in [4.78, 5) is 24.6. The van der Waals surface area contributed by atoms with E-state index < -0.39 is 11.9 Å². The predicted octanol–water partition coefficient (Wildman–Crippen LogP) is 3.77. The lowest BCUT2D eigenvalue weighted by molar-refractivity contribution is 0.0602. The van der Waals surface area contributed by atoms with Gasteiger partial charge in [0.25, 0.3) is 0 Å². The summed E-state index contributed by atoms with van der Waals surface area (Å²) in [5, 5.41) is 0.198. The van der Waals surface area contributed by atoms with Crippen LogP contribution in [0.1, 0.15) is 20.9 Å². The Balaban J connectivity index is 2.15. The molecule has 1 heterocycles. The molecular weight excluding hydrogens is 357 g/mol. The van der Waals surface area contributed by atoms with E-state index >= 15 is 0 Å². The van der Waals surface area contributed by atoms with E-state index in [1.807, 2.05) is 0 Å². The first-order chi connectivity index (χ1) is 13.0. The Kier molecular flexibility index (Phi) is 4.98. The van der Waals surface area contributed by atoms with Gasteiger partial charge in [0.05, 0.1) is 32.6 Å². The molecule has 0 unspecified atom stereocenters. The van der Waals surface area contributed by atoms with E-state index in [-0.39, 0.29) is 44.6 Å². The van der Waals surface area contributed by atoms with Gasteiger partial charge in [-0.1, -0.05) is 22.7 Å². The Bertz CT molecular complexity index is 998. The van der Waals surface area contributed by atoms with Crippen molar-refractivity contribution in [3.8, 4) is 11.5 Å². The Morgan fingerprint density at radius 3 is 2.33 bits per heavy atom. The molecule has 0 spiro atoms. The molecular formula is C19H16FNO6. The molecule has 0 saturated heterocycles. The molecule has 0 bridgehead atoms. The Morgan fingerprint density at radius 2 is 1.74 bits per heavy atom. The lowest BCUT2D eigenvalue weighted by atomic mass is 10.1. The van der Waals surface area contributed by atoms with Crippen LogP contribution in [0.25, 0.3) is 11.0 Å². The summed E-state index contributed by atoms with van der Waals surface area (Å²) in [6, 6.07) is 10.4. The van der Waals surface area contributed by atoms with Crippen LogP contribution in [-0.2, 0) is 4.74 Å². The molecule has 140 valence electrons. The predicted molar refractivity (Wildman–Crippen MR) is 95.0 cm³/mol. The van der Waals surface area contributed by atoms with Crippen LogP contribution in [0.3, 0.4) is 0 Å². The molecule has 1 amide bonds. The van der Waals surface area contributed by atoms with E-state index in [0.29, 0.717) is 0 Å². The molecule has 3 rings (SSSR count). The zero-order chi connectivity index (χ0) is 19.6. The second-order valence-electron chi connectivity index (χ2n) is 5.43. The molecule has 27 heavy (non-hydrogen) atoms. The zero-order valence-corrected chi connectivity index (χ0v) is 14.8. The van der Waals surface area contributed by atoms with Crippen molar-refractivity contribution in [1.29, 1.82) is 0 Å². The fraction of sp³-hybridized carbons (Fsp3) is 0.158. The molecule has 2 aromatic carbocycles. The third kappa shape index (κ3) is 3.17. The van der Waals surface area contributed by atoms with E-state index in [1.165, 1.54) is 45.6 Å². The standard InChI is InChI=1S/C19H16FNO6/c1-24-14-10-13(19(23)26-3)12-9-15(27-16(12)17(14)25-2)18(22)21(20)11-7-5-4-6-8-11/h4-10H,1-3H3. The van der Waals surface area contributed by atoms with Crippen LogP contribution in [0.5, 0.6) is 11.5 Å². The number of fused-ring (bicyclic) bond motifs is 1. The molecule has 0 saturated carbocycles. The van der Waals surface area contributed by atoms with Gasteiger partial charge in [0.2, 0.25) is 5.75 Å². The number of rotatable bonds is 5. The first-order valence-corrected chi connectivity index (χ1v) is 7.84. The summed E-state index contributed by atoms with van der Waals surface area (Å²) < 4.78 is 35.2. The van der Waals surface area contributed by atoms with Gasteiger partial charge in [0.1, 0.15) is 0 Å². The highest BCUT2D eigenvalue weighted by molar-refractivity contribution is 6.10. The number of anilines is 1. The van der Waals surface area contributed by atoms with Crippen LogP contribution in [0.2, 0.25) is 0 Å². The fourth-order valence-electron chi connectivity index (χ4n) is 2.65. The fourth-order valence-corrected chi connectivity index (χ4v) is 2.65. The maximum atomic E-state index is 14.5. The van der Waals surface area contributed by atoms with Crippen molar-refractivity contribution >= 4 is 28.5 Å². The largest absolute Gasteiger partial charge is 0.493 e. The summed E-state index contributed by atoms with van der Waals surface area (Å²) in [5.41, 5.74) is 0.209. The van der Waals surface area contributed by atoms with Gasteiger partial charge in [0, 0.05) is 5.39 Å². The summed E-state index contributed by atoms with van der Waals surface area (Å²) >= 11 is 0. The maximum Gasteiger partial charge on any atom is 0.338 e. The second-order valence-corrected chi connectivity index (χ2v) is 5.43. The van der Waals surface area contributed by atoms with Crippen molar-refractivity contribution in [1.82, 2.24) is 0 Å². The number of benzene rings is 2. The van der Waals surface area contributed by atoms with E-state index in [4.69, 9.17) is 18.6 Å². The number of carbonyl (C=O) groups excluding carboxylic acids is 2. The lowest BCUT2D eigenvalue weighted by Gasteiger charge is -2.10. The first kappa shape index (κ1) is 18.2.